The van der Waals surface area contributed by atoms with Gasteiger partial charge in [-0.1, -0.05) is 6.92 Å². The van der Waals surface area contributed by atoms with Crippen LogP contribution < -0.4 is 0 Å². The minimum absolute atomic E-state index is 0.456. The molecule has 0 aromatic carbocycles. The summed E-state index contributed by atoms with van der Waals surface area (Å²) in [6, 6.07) is 0. The zero-order valence-corrected chi connectivity index (χ0v) is 10.7. The third-order valence-corrected chi connectivity index (χ3v) is 4.29. The molecule has 0 radical (unpaired) electrons. The van der Waals surface area contributed by atoms with Gasteiger partial charge in [-0.15, -0.1) is 22.0 Å². The van der Waals surface area contributed by atoms with E-state index in [2.05, 4.69) is 26.7 Å². The number of nitrogens with zero attached hydrogens (tertiary/aromatic N) is 4. The summed E-state index contributed by atoms with van der Waals surface area (Å²) in [5.74, 6) is 3.66. The summed E-state index contributed by atoms with van der Waals surface area (Å²) in [4.78, 5) is 4.32. The lowest BCUT2D eigenvalue weighted by molar-refractivity contribution is 0.521. The lowest BCUT2D eigenvalue weighted by Crippen LogP contribution is -2.15. The van der Waals surface area contributed by atoms with Crippen LogP contribution in [0.25, 0.3) is 11.5 Å². The number of thioether (sulfide) groups is 1. The summed E-state index contributed by atoms with van der Waals surface area (Å²) in [5, 5.41) is 9.02. The SMILES string of the molecule is CCC1SCCn2c(-c3coc(C)n3)nnc21. The Labute approximate surface area is 104 Å². The van der Waals surface area contributed by atoms with Gasteiger partial charge in [-0.05, 0) is 6.42 Å². The Morgan fingerprint density at radius 2 is 2.41 bits per heavy atom. The van der Waals surface area contributed by atoms with Gasteiger partial charge in [-0.2, -0.15) is 0 Å². The normalized spacial score (nSPS) is 19.3. The Balaban J connectivity index is 2.05. The van der Waals surface area contributed by atoms with Gasteiger partial charge in [-0.25, -0.2) is 4.98 Å². The summed E-state index contributed by atoms with van der Waals surface area (Å²) < 4.78 is 7.40. The van der Waals surface area contributed by atoms with Crippen molar-refractivity contribution in [2.75, 3.05) is 5.75 Å². The smallest absolute Gasteiger partial charge is 0.191 e. The maximum absolute atomic E-state index is 5.24. The molecule has 17 heavy (non-hydrogen) atoms. The molecule has 2 aromatic heterocycles. The van der Waals surface area contributed by atoms with E-state index in [-0.39, 0.29) is 0 Å². The van der Waals surface area contributed by atoms with Gasteiger partial charge in [0.15, 0.2) is 11.7 Å². The highest BCUT2D eigenvalue weighted by Crippen LogP contribution is 2.36. The van der Waals surface area contributed by atoms with Crippen molar-refractivity contribution in [2.24, 2.45) is 0 Å². The number of hydrogen-bond donors (Lipinski definition) is 0. The van der Waals surface area contributed by atoms with Gasteiger partial charge in [0.2, 0.25) is 0 Å². The maximum Gasteiger partial charge on any atom is 0.191 e. The molecule has 1 atom stereocenters. The Morgan fingerprint density at radius 3 is 3.12 bits per heavy atom. The predicted octanol–water partition coefficient (Wildman–Crippen LogP) is 2.44. The van der Waals surface area contributed by atoms with E-state index in [0.717, 1.165) is 36.1 Å². The molecule has 2 aromatic rings. The van der Waals surface area contributed by atoms with E-state index in [1.54, 1.807) is 6.26 Å². The number of rotatable bonds is 2. The van der Waals surface area contributed by atoms with E-state index < -0.39 is 0 Å². The first-order valence-corrected chi connectivity index (χ1v) is 6.81. The van der Waals surface area contributed by atoms with Crippen molar-refractivity contribution < 1.29 is 4.42 Å². The molecule has 0 bridgehead atoms. The minimum Gasteiger partial charge on any atom is -0.449 e. The predicted molar refractivity (Wildman–Crippen MR) is 65.7 cm³/mol. The van der Waals surface area contributed by atoms with Crippen LogP contribution in [0.4, 0.5) is 0 Å². The lowest BCUT2D eigenvalue weighted by Gasteiger charge is -2.21. The van der Waals surface area contributed by atoms with Crippen molar-refractivity contribution in [3.05, 3.63) is 18.0 Å². The third kappa shape index (κ3) is 1.76. The van der Waals surface area contributed by atoms with Crippen molar-refractivity contribution in [3.63, 3.8) is 0 Å². The molecule has 0 N–H and O–H groups in total. The van der Waals surface area contributed by atoms with Crippen LogP contribution in [0, 0.1) is 6.92 Å². The molecule has 3 rings (SSSR count). The first kappa shape index (κ1) is 10.8. The van der Waals surface area contributed by atoms with Gasteiger partial charge in [0.05, 0.1) is 5.25 Å². The molecule has 1 aliphatic rings. The Morgan fingerprint density at radius 1 is 1.53 bits per heavy atom. The van der Waals surface area contributed by atoms with Crippen LogP contribution in [0.1, 0.15) is 30.3 Å². The zero-order chi connectivity index (χ0) is 11.8. The van der Waals surface area contributed by atoms with Crippen molar-refractivity contribution in [3.8, 4) is 11.5 Å². The van der Waals surface area contributed by atoms with E-state index in [1.807, 2.05) is 18.7 Å². The highest BCUT2D eigenvalue weighted by molar-refractivity contribution is 7.99. The summed E-state index contributed by atoms with van der Waals surface area (Å²) in [7, 11) is 0. The van der Waals surface area contributed by atoms with Crippen LogP contribution in [0.2, 0.25) is 0 Å². The standard InChI is InChI=1S/C11H14N4OS/c1-3-9-11-14-13-10(15(11)4-5-17-9)8-6-16-7(2)12-8/h6,9H,3-5H2,1-2H3. The van der Waals surface area contributed by atoms with Gasteiger partial charge in [-0.3, -0.25) is 0 Å². The van der Waals surface area contributed by atoms with Gasteiger partial charge >= 0.3 is 0 Å². The molecule has 1 unspecified atom stereocenters. The average molecular weight is 250 g/mol. The van der Waals surface area contributed by atoms with E-state index in [0.29, 0.717) is 11.1 Å². The fourth-order valence-corrected chi connectivity index (χ4v) is 3.22. The second-order valence-corrected chi connectivity index (χ2v) is 5.36. The monoisotopic (exact) mass is 250 g/mol. The van der Waals surface area contributed by atoms with Crippen LogP contribution in [0.5, 0.6) is 0 Å². The number of oxazole rings is 1. The Bertz CT molecular complexity index is 533. The minimum atomic E-state index is 0.456. The van der Waals surface area contributed by atoms with E-state index in [1.165, 1.54) is 0 Å². The van der Waals surface area contributed by atoms with E-state index >= 15 is 0 Å². The van der Waals surface area contributed by atoms with Crippen molar-refractivity contribution in [1.29, 1.82) is 0 Å². The van der Waals surface area contributed by atoms with Crippen LogP contribution >= 0.6 is 11.8 Å². The second kappa shape index (κ2) is 4.18. The van der Waals surface area contributed by atoms with Gasteiger partial charge in [0.25, 0.3) is 0 Å². The zero-order valence-electron chi connectivity index (χ0n) is 9.88. The lowest BCUT2D eigenvalue weighted by atomic mass is 10.3. The summed E-state index contributed by atoms with van der Waals surface area (Å²) in [5.41, 5.74) is 0.781. The number of aryl methyl sites for hydroxylation is 1. The first-order valence-electron chi connectivity index (χ1n) is 5.76. The quantitative estimate of drug-likeness (QED) is 0.819. The topological polar surface area (TPSA) is 56.7 Å². The molecular formula is C11H14N4OS. The van der Waals surface area contributed by atoms with Crippen LogP contribution in [-0.2, 0) is 6.54 Å². The van der Waals surface area contributed by atoms with Crippen LogP contribution in [0.15, 0.2) is 10.7 Å². The molecule has 0 aliphatic carbocycles. The molecule has 3 heterocycles. The number of aromatic nitrogens is 4. The largest absolute Gasteiger partial charge is 0.449 e. The van der Waals surface area contributed by atoms with Crippen LogP contribution in [-0.4, -0.2) is 25.5 Å². The molecule has 5 nitrogen and oxygen atoms in total. The summed E-state index contributed by atoms with van der Waals surface area (Å²) in [6.45, 7) is 4.97. The van der Waals surface area contributed by atoms with Crippen molar-refractivity contribution in [1.82, 2.24) is 19.7 Å². The highest BCUT2D eigenvalue weighted by atomic mass is 32.2. The summed E-state index contributed by atoms with van der Waals surface area (Å²) in [6.07, 6.45) is 2.73. The molecule has 0 spiro atoms. The molecule has 1 aliphatic heterocycles. The van der Waals surface area contributed by atoms with Gasteiger partial charge < -0.3 is 8.98 Å². The molecular weight excluding hydrogens is 236 g/mol. The van der Waals surface area contributed by atoms with E-state index in [4.69, 9.17) is 4.42 Å². The molecule has 90 valence electrons. The fraction of sp³-hybridized carbons (Fsp3) is 0.545. The first-order chi connectivity index (χ1) is 8.29. The Hall–Kier alpha value is -1.30. The number of hydrogen-bond acceptors (Lipinski definition) is 5. The Kier molecular flexibility index (Phi) is 2.66. The third-order valence-electron chi connectivity index (χ3n) is 2.92. The van der Waals surface area contributed by atoms with Crippen molar-refractivity contribution in [2.45, 2.75) is 32.1 Å². The molecule has 6 heteroatoms. The van der Waals surface area contributed by atoms with Crippen LogP contribution in [0.3, 0.4) is 0 Å². The molecule has 0 saturated heterocycles. The second-order valence-electron chi connectivity index (χ2n) is 4.05. The summed E-state index contributed by atoms with van der Waals surface area (Å²) >= 11 is 1.95. The fourth-order valence-electron chi connectivity index (χ4n) is 2.09. The average Bonchev–Trinajstić information content (AvgIpc) is 2.94. The highest BCUT2D eigenvalue weighted by Gasteiger charge is 2.25. The molecule has 0 amide bonds. The molecule has 0 fully saturated rings. The van der Waals surface area contributed by atoms with Gasteiger partial charge in [0, 0.05) is 19.2 Å². The number of fused-ring (bicyclic) bond motifs is 1. The van der Waals surface area contributed by atoms with Crippen molar-refractivity contribution >= 4 is 11.8 Å². The molecule has 0 saturated carbocycles. The van der Waals surface area contributed by atoms with E-state index in [9.17, 15) is 0 Å². The maximum atomic E-state index is 5.24. The van der Waals surface area contributed by atoms with Gasteiger partial charge in [0.1, 0.15) is 17.8 Å².